The first kappa shape index (κ1) is 16.1. The van der Waals surface area contributed by atoms with Crippen molar-refractivity contribution in [2.24, 2.45) is 0 Å². The first-order valence-electron chi connectivity index (χ1n) is 7.35. The third-order valence-corrected chi connectivity index (χ3v) is 4.16. The summed E-state index contributed by atoms with van der Waals surface area (Å²) in [6, 6.07) is 12.9. The molecule has 0 bridgehead atoms. The number of methoxy groups -OCH3 is 1. The fraction of sp³-hybridized carbons (Fsp3) is 0.176. The summed E-state index contributed by atoms with van der Waals surface area (Å²) in [6.07, 6.45) is 1.66. The van der Waals surface area contributed by atoms with Gasteiger partial charge in [-0.1, -0.05) is 6.07 Å². The zero-order valence-electron chi connectivity index (χ0n) is 13.1. The summed E-state index contributed by atoms with van der Waals surface area (Å²) in [6.45, 7) is 0.552. The molecule has 0 fully saturated rings. The summed E-state index contributed by atoms with van der Waals surface area (Å²) in [4.78, 5) is 13.2. The second kappa shape index (κ2) is 7.65. The van der Waals surface area contributed by atoms with E-state index in [4.69, 9.17) is 9.47 Å². The highest BCUT2D eigenvalue weighted by Crippen LogP contribution is 2.17. The number of thiophene rings is 1. The van der Waals surface area contributed by atoms with Gasteiger partial charge in [-0.15, -0.1) is 11.3 Å². The van der Waals surface area contributed by atoms with Crippen molar-refractivity contribution < 1.29 is 14.3 Å². The molecule has 0 unspecified atom stereocenters. The van der Waals surface area contributed by atoms with Crippen molar-refractivity contribution in [3.8, 4) is 11.5 Å². The van der Waals surface area contributed by atoms with Crippen molar-refractivity contribution >= 4 is 23.1 Å². The predicted molar refractivity (Wildman–Crippen MR) is 92.8 cm³/mol. The van der Waals surface area contributed by atoms with Gasteiger partial charge in [-0.2, -0.15) is 5.10 Å². The quantitative estimate of drug-likeness (QED) is 0.716. The number of hydrogen-bond acceptors (Lipinski definition) is 5. The molecule has 1 amide bonds. The highest BCUT2D eigenvalue weighted by Gasteiger charge is 2.09. The maximum Gasteiger partial charge on any atom is 0.263 e. The first-order valence-corrected chi connectivity index (χ1v) is 8.23. The predicted octanol–water partition coefficient (Wildman–Crippen LogP) is 3.02. The number of ether oxygens (including phenoxy) is 2. The Balaban J connectivity index is 1.54. The lowest BCUT2D eigenvalue weighted by molar-refractivity contribution is -0.118. The van der Waals surface area contributed by atoms with Gasteiger partial charge in [-0.3, -0.25) is 4.79 Å². The summed E-state index contributed by atoms with van der Waals surface area (Å²) in [5, 5.41) is 9.06. The van der Waals surface area contributed by atoms with Crippen molar-refractivity contribution in [3.63, 3.8) is 0 Å². The third kappa shape index (κ3) is 4.14. The topological polar surface area (TPSA) is 65.4 Å². The lowest BCUT2D eigenvalue weighted by Crippen LogP contribution is -2.22. The lowest BCUT2D eigenvalue weighted by Gasteiger charge is -2.09. The molecule has 1 N–H and O–H groups in total. The Hall–Kier alpha value is -2.80. The summed E-state index contributed by atoms with van der Waals surface area (Å²) < 4.78 is 12.3. The summed E-state index contributed by atoms with van der Waals surface area (Å²) in [7, 11) is 1.60. The summed E-state index contributed by atoms with van der Waals surface area (Å²) >= 11 is 1.65. The van der Waals surface area contributed by atoms with Crippen LogP contribution in [0.4, 0.5) is 5.82 Å². The van der Waals surface area contributed by atoms with Crippen molar-refractivity contribution in [1.82, 2.24) is 9.78 Å². The minimum absolute atomic E-state index is 0.0729. The van der Waals surface area contributed by atoms with E-state index in [2.05, 4.69) is 10.4 Å². The summed E-state index contributed by atoms with van der Waals surface area (Å²) in [5.74, 6) is 1.76. The lowest BCUT2D eigenvalue weighted by atomic mass is 10.3. The number of aromatic nitrogens is 2. The molecule has 7 heteroatoms. The van der Waals surface area contributed by atoms with Crippen LogP contribution < -0.4 is 14.8 Å². The van der Waals surface area contributed by atoms with E-state index in [-0.39, 0.29) is 12.5 Å². The van der Waals surface area contributed by atoms with Gasteiger partial charge in [0.1, 0.15) is 17.3 Å². The Morgan fingerprint density at radius 3 is 2.71 bits per heavy atom. The van der Waals surface area contributed by atoms with Crippen LogP contribution in [-0.2, 0) is 11.3 Å². The van der Waals surface area contributed by atoms with E-state index in [1.165, 1.54) is 4.88 Å². The Morgan fingerprint density at radius 1 is 1.21 bits per heavy atom. The van der Waals surface area contributed by atoms with Gasteiger partial charge in [0.25, 0.3) is 5.91 Å². The highest BCUT2D eigenvalue weighted by atomic mass is 32.1. The highest BCUT2D eigenvalue weighted by molar-refractivity contribution is 7.09. The fourth-order valence-corrected chi connectivity index (χ4v) is 2.80. The Kier molecular flexibility index (Phi) is 5.12. The van der Waals surface area contributed by atoms with Crippen LogP contribution in [0.2, 0.25) is 0 Å². The fourth-order valence-electron chi connectivity index (χ4n) is 2.11. The van der Waals surface area contributed by atoms with E-state index >= 15 is 0 Å². The van der Waals surface area contributed by atoms with E-state index in [0.29, 0.717) is 18.1 Å². The van der Waals surface area contributed by atoms with Crippen LogP contribution in [-0.4, -0.2) is 29.4 Å². The van der Waals surface area contributed by atoms with Gasteiger partial charge in [-0.05, 0) is 35.7 Å². The van der Waals surface area contributed by atoms with E-state index in [0.717, 1.165) is 5.75 Å². The van der Waals surface area contributed by atoms with Gasteiger partial charge in [0, 0.05) is 10.9 Å². The average molecular weight is 343 g/mol. The molecule has 124 valence electrons. The second-order valence-corrected chi connectivity index (χ2v) is 6.00. The van der Waals surface area contributed by atoms with E-state index < -0.39 is 0 Å². The average Bonchev–Trinajstić information content (AvgIpc) is 3.26. The zero-order valence-corrected chi connectivity index (χ0v) is 14.0. The van der Waals surface area contributed by atoms with Crippen LogP contribution in [0.25, 0.3) is 0 Å². The molecule has 2 aromatic heterocycles. The largest absolute Gasteiger partial charge is 0.497 e. The SMILES string of the molecule is COc1ccc(OCC(=O)Nc2ccnn2Cc2cccs2)cc1. The number of nitrogens with one attached hydrogen (secondary N) is 1. The molecule has 0 radical (unpaired) electrons. The maximum absolute atomic E-state index is 12.1. The van der Waals surface area contributed by atoms with Gasteiger partial charge in [0.05, 0.1) is 19.9 Å². The standard InChI is InChI=1S/C17H17N3O3S/c1-22-13-4-6-14(7-5-13)23-12-17(21)19-16-8-9-18-20(16)11-15-3-2-10-24-15/h2-10H,11-12H2,1H3,(H,19,21). The molecule has 0 aliphatic heterocycles. The number of carbonyl (C=O) groups is 1. The molecule has 0 saturated heterocycles. The molecular weight excluding hydrogens is 326 g/mol. The molecule has 6 nitrogen and oxygen atoms in total. The molecule has 0 aliphatic carbocycles. The number of amides is 1. The van der Waals surface area contributed by atoms with E-state index in [9.17, 15) is 4.79 Å². The smallest absolute Gasteiger partial charge is 0.263 e. The Bertz CT molecular complexity index is 782. The van der Waals surface area contributed by atoms with Crippen molar-refractivity contribution in [3.05, 3.63) is 58.9 Å². The molecule has 2 heterocycles. The number of hydrogen-bond donors (Lipinski definition) is 1. The number of benzene rings is 1. The van der Waals surface area contributed by atoms with Crippen LogP contribution in [0.3, 0.4) is 0 Å². The van der Waals surface area contributed by atoms with Gasteiger partial charge in [-0.25, -0.2) is 4.68 Å². The molecule has 3 rings (SSSR count). The molecular formula is C17H17N3O3S. The van der Waals surface area contributed by atoms with Crippen LogP contribution in [0.15, 0.2) is 54.0 Å². The monoisotopic (exact) mass is 343 g/mol. The molecule has 0 saturated carbocycles. The normalized spacial score (nSPS) is 10.4. The molecule has 0 aliphatic rings. The maximum atomic E-state index is 12.1. The van der Waals surface area contributed by atoms with Crippen LogP contribution in [0.1, 0.15) is 4.88 Å². The van der Waals surface area contributed by atoms with Gasteiger partial charge < -0.3 is 14.8 Å². The van der Waals surface area contributed by atoms with Crippen LogP contribution >= 0.6 is 11.3 Å². The minimum Gasteiger partial charge on any atom is -0.497 e. The molecule has 0 atom stereocenters. The van der Waals surface area contributed by atoms with E-state index in [1.54, 1.807) is 59.7 Å². The Labute approximate surface area is 143 Å². The third-order valence-electron chi connectivity index (χ3n) is 3.30. The van der Waals surface area contributed by atoms with Gasteiger partial charge >= 0.3 is 0 Å². The molecule has 1 aromatic carbocycles. The molecule has 3 aromatic rings. The number of anilines is 1. The summed E-state index contributed by atoms with van der Waals surface area (Å²) in [5.41, 5.74) is 0. The van der Waals surface area contributed by atoms with Crippen molar-refractivity contribution in [2.45, 2.75) is 6.54 Å². The molecule has 0 spiro atoms. The first-order chi connectivity index (χ1) is 11.7. The van der Waals surface area contributed by atoms with Crippen molar-refractivity contribution in [2.75, 3.05) is 19.0 Å². The zero-order chi connectivity index (χ0) is 16.8. The second-order valence-electron chi connectivity index (χ2n) is 4.97. The minimum atomic E-state index is -0.237. The van der Waals surface area contributed by atoms with Crippen LogP contribution in [0.5, 0.6) is 11.5 Å². The van der Waals surface area contributed by atoms with Crippen molar-refractivity contribution in [1.29, 1.82) is 0 Å². The molecule has 24 heavy (non-hydrogen) atoms. The Morgan fingerprint density at radius 2 is 2.00 bits per heavy atom. The number of carbonyl (C=O) groups excluding carboxylic acids is 1. The van der Waals surface area contributed by atoms with Crippen LogP contribution in [0, 0.1) is 0 Å². The van der Waals surface area contributed by atoms with E-state index in [1.807, 2.05) is 17.5 Å². The number of nitrogens with zero attached hydrogens (tertiary/aromatic N) is 2. The van der Waals surface area contributed by atoms with Gasteiger partial charge in [0.2, 0.25) is 0 Å². The number of rotatable bonds is 7. The van der Waals surface area contributed by atoms with Gasteiger partial charge in [0.15, 0.2) is 6.61 Å².